The number of hydrogen-bond donors (Lipinski definition) is 0. The van der Waals surface area contributed by atoms with Crippen LogP contribution in [-0.2, 0) is 16.6 Å². The Kier molecular flexibility index (Phi) is 2.82. The Labute approximate surface area is 120 Å². The first-order valence-electron chi connectivity index (χ1n) is 7.31. The Morgan fingerprint density at radius 2 is 1.95 bits per heavy atom. The van der Waals surface area contributed by atoms with Crippen LogP contribution in [0.25, 0.3) is 0 Å². The van der Waals surface area contributed by atoms with Gasteiger partial charge in [-0.15, -0.1) is 0 Å². The van der Waals surface area contributed by atoms with Crippen LogP contribution in [0.15, 0.2) is 29.8 Å². The number of ether oxygens (including phenoxy) is 1. The average Bonchev–Trinajstić information content (AvgIpc) is 2.43. The lowest BCUT2D eigenvalue weighted by Crippen LogP contribution is -2.45. The second kappa shape index (κ2) is 4.21. The minimum Gasteiger partial charge on any atom is -0.497 e. The number of hydrogen-bond acceptors (Lipinski definition) is 2. The summed E-state index contributed by atoms with van der Waals surface area (Å²) in [5.74, 6) is 1.29. The summed E-state index contributed by atoms with van der Waals surface area (Å²) in [6, 6.07) is 6.36. The molecule has 0 heterocycles. The van der Waals surface area contributed by atoms with Gasteiger partial charge in [-0.05, 0) is 49.9 Å². The van der Waals surface area contributed by atoms with E-state index in [0.717, 1.165) is 18.6 Å². The zero-order valence-electron chi connectivity index (χ0n) is 12.7. The van der Waals surface area contributed by atoms with Crippen LogP contribution in [-0.4, -0.2) is 12.9 Å². The maximum Gasteiger partial charge on any atom is 0.142 e. The molecule has 0 aliphatic heterocycles. The first kappa shape index (κ1) is 13.4. The average molecular weight is 270 g/mol. The summed E-state index contributed by atoms with van der Waals surface area (Å²) < 4.78 is 5.33. The number of ketones is 1. The van der Waals surface area contributed by atoms with E-state index in [1.165, 1.54) is 16.7 Å². The molecule has 106 valence electrons. The molecule has 2 aliphatic rings. The van der Waals surface area contributed by atoms with Crippen LogP contribution in [0.5, 0.6) is 5.75 Å². The molecule has 2 aliphatic carbocycles. The van der Waals surface area contributed by atoms with Crippen molar-refractivity contribution in [3.63, 3.8) is 0 Å². The Morgan fingerprint density at radius 1 is 1.20 bits per heavy atom. The van der Waals surface area contributed by atoms with Gasteiger partial charge in [0.15, 0.2) is 0 Å². The van der Waals surface area contributed by atoms with Gasteiger partial charge in [-0.3, -0.25) is 4.79 Å². The highest BCUT2D eigenvalue weighted by Gasteiger charge is 2.48. The highest BCUT2D eigenvalue weighted by molar-refractivity contribution is 5.90. The molecule has 0 aromatic heterocycles. The van der Waals surface area contributed by atoms with Gasteiger partial charge in [0.25, 0.3) is 0 Å². The van der Waals surface area contributed by atoms with Gasteiger partial charge in [0.2, 0.25) is 0 Å². The lowest BCUT2D eigenvalue weighted by atomic mass is 9.55. The van der Waals surface area contributed by atoms with Crippen LogP contribution >= 0.6 is 0 Å². The van der Waals surface area contributed by atoms with Crippen LogP contribution in [0.3, 0.4) is 0 Å². The lowest BCUT2D eigenvalue weighted by molar-refractivity contribution is -0.127. The van der Waals surface area contributed by atoms with Gasteiger partial charge < -0.3 is 4.74 Å². The van der Waals surface area contributed by atoms with Gasteiger partial charge in [0, 0.05) is 17.3 Å². The molecule has 1 atom stereocenters. The number of allylic oxidation sites excluding steroid dienone is 2. The molecule has 1 aromatic carbocycles. The molecule has 1 unspecified atom stereocenters. The minimum atomic E-state index is -0.329. The molecule has 0 amide bonds. The van der Waals surface area contributed by atoms with E-state index in [1.54, 1.807) is 7.11 Å². The normalized spacial score (nSPS) is 27.4. The van der Waals surface area contributed by atoms with Crippen molar-refractivity contribution in [2.75, 3.05) is 7.11 Å². The van der Waals surface area contributed by atoms with Crippen LogP contribution in [0, 0.1) is 5.41 Å². The minimum absolute atomic E-state index is 0.00271. The first-order chi connectivity index (χ1) is 9.39. The smallest absolute Gasteiger partial charge is 0.142 e. The maximum absolute atomic E-state index is 12.3. The summed E-state index contributed by atoms with van der Waals surface area (Å²) in [5.41, 5.74) is 3.68. The Bertz CT molecular complexity index is 610. The van der Waals surface area contributed by atoms with Gasteiger partial charge in [-0.1, -0.05) is 24.6 Å². The third kappa shape index (κ3) is 1.67. The SMILES string of the molecule is COc1ccc2c(c1)CC=C1C(C)(C)C(=O)CCC12C. The number of fused-ring (bicyclic) bond motifs is 3. The third-order valence-electron chi connectivity index (χ3n) is 5.25. The molecule has 20 heavy (non-hydrogen) atoms. The van der Waals surface area contributed by atoms with Crippen molar-refractivity contribution in [1.82, 2.24) is 0 Å². The molecule has 1 saturated carbocycles. The topological polar surface area (TPSA) is 26.3 Å². The molecule has 1 aromatic rings. The van der Waals surface area contributed by atoms with Crippen LogP contribution in [0.4, 0.5) is 0 Å². The molecule has 1 fully saturated rings. The Hall–Kier alpha value is -1.57. The van der Waals surface area contributed by atoms with Crippen molar-refractivity contribution in [1.29, 1.82) is 0 Å². The van der Waals surface area contributed by atoms with Crippen LogP contribution in [0.2, 0.25) is 0 Å². The molecule has 0 N–H and O–H groups in total. The van der Waals surface area contributed by atoms with Crippen molar-refractivity contribution < 1.29 is 9.53 Å². The summed E-state index contributed by atoms with van der Waals surface area (Å²) in [5, 5.41) is 0. The quantitative estimate of drug-likeness (QED) is 0.725. The Balaban J connectivity index is 2.14. The number of carbonyl (C=O) groups excluding carboxylic acids is 1. The number of Topliss-reactive ketones (excluding diaryl/α,β-unsaturated/α-hetero) is 1. The van der Waals surface area contributed by atoms with Crippen molar-refractivity contribution in [3.05, 3.63) is 41.0 Å². The number of benzene rings is 1. The Morgan fingerprint density at radius 3 is 2.65 bits per heavy atom. The van der Waals surface area contributed by atoms with E-state index in [2.05, 4.69) is 39.0 Å². The van der Waals surface area contributed by atoms with Gasteiger partial charge in [0.1, 0.15) is 11.5 Å². The van der Waals surface area contributed by atoms with E-state index in [0.29, 0.717) is 12.2 Å². The van der Waals surface area contributed by atoms with Gasteiger partial charge in [-0.25, -0.2) is 0 Å². The van der Waals surface area contributed by atoms with Gasteiger partial charge in [-0.2, -0.15) is 0 Å². The summed E-state index contributed by atoms with van der Waals surface area (Å²) in [6.45, 7) is 6.44. The molecule has 0 saturated heterocycles. The highest BCUT2D eigenvalue weighted by Crippen LogP contribution is 2.53. The predicted octanol–water partition coefficient (Wildman–Crippen LogP) is 3.82. The molecular weight excluding hydrogens is 248 g/mol. The number of methoxy groups -OCH3 is 1. The molecular formula is C18H22O2. The maximum atomic E-state index is 12.3. The number of carbonyl (C=O) groups is 1. The second-order valence-corrected chi connectivity index (χ2v) is 6.73. The molecule has 3 rings (SSSR count). The highest BCUT2D eigenvalue weighted by atomic mass is 16.5. The molecule has 2 nitrogen and oxygen atoms in total. The predicted molar refractivity (Wildman–Crippen MR) is 80.2 cm³/mol. The second-order valence-electron chi connectivity index (χ2n) is 6.73. The van der Waals surface area contributed by atoms with E-state index in [4.69, 9.17) is 4.74 Å². The van der Waals surface area contributed by atoms with Crippen LogP contribution in [0.1, 0.15) is 44.7 Å². The number of rotatable bonds is 1. The molecule has 2 heteroatoms. The summed E-state index contributed by atoms with van der Waals surface area (Å²) in [4.78, 5) is 12.3. The summed E-state index contributed by atoms with van der Waals surface area (Å²) in [7, 11) is 1.70. The van der Waals surface area contributed by atoms with E-state index in [9.17, 15) is 4.79 Å². The molecule has 0 radical (unpaired) electrons. The van der Waals surface area contributed by atoms with Gasteiger partial charge in [0.05, 0.1) is 7.11 Å². The van der Waals surface area contributed by atoms with Crippen molar-refractivity contribution in [3.8, 4) is 5.75 Å². The fourth-order valence-electron chi connectivity index (χ4n) is 4.03. The van der Waals surface area contributed by atoms with Crippen molar-refractivity contribution in [2.24, 2.45) is 5.41 Å². The zero-order valence-corrected chi connectivity index (χ0v) is 12.7. The summed E-state index contributed by atoms with van der Waals surface area (Å²) in [6.07, 6.45) is 4.76. The van der Waals surface area contributed by atoms with E-state index >= 15 is 0 Å². The lowest BCUT2D eigenvalue weighted by Gasteiger charge is -2.48. The van der Waals surface area contributed by atoms with Crippen molar-refractivity contribution >= 4 is 5.78 Å². The van der Waals surface area contributed by atoms with E-state index < -0.39 is 0 Å². The first-order valence-corrected chi connectivity index (χ1v) is 7.31. The van der Waals surface area contributed by atoms with E-state index in [-0.39, 0.29) is 10.8 Å². The molecule has 0 spiro atoms. The fraction of sp³-hybridized carbons (Fsp3) is 0.500. The van der Waals surface area contributed by atoms with Crippen LogP contribution < -0.4 is 4.74 Å². The fourth-order valence-corrected chi connectivity index (χ4v) is 4.03. The standard InChI is InChI=1S/C18H22O2/c1-17(2)15-8-5-12-11-13(20-4)6-7-14(12)18(15,3)10-9-16(17)19/h6-8,11H,5,9-10H2,1-4H3. The summed E-state index contributed by atoms with van der Waals surface area (Å²) >= 11 is 0. The molecule has 0 bridgehead atoms. The largest absolute Gasteiger partial charge is 0.497 e. The zero-order chi connectivity index (χ0) is 14.5. The monoisotopic (exact) mass is 270 g/mol. The third-order valence-corrected chi connectivity index (χ3v) is 5.25. The van der Waals surface area contributed by atoms with Crippen molar-refractivity contribution in [2.45, 2.75) is 45.4 Å². The van der Waals surface area contributed by atoms with E-state index in [1.807, 2.05) is 6.07 Å². The van der Waals surface area contributed by atoms with Gasteiger partial charge >= 0.3 is 0 Å².